The molecule has 0 saturated carbocycles. The maximum Gasteiger partial charge on any atom is 0.271 e. The zero-order chi connectivity index (χ0) is 14.4. The molecule has 0 unspecified atom stereocenters. The number of amides is 1. The second-order valence-corrected chi connectivity index (χ2v) is 4.04. The predicted octanol–water partition coefficient (Wildman–Crippen LogP) is 3.25. The first-order valence-electron chi connectivity index (χ1n) is 5.94. The molecule has 0 heterocycles. The van der Waals surface area contributed by atoms with Crippen molar-refractivity contribution in [2.75, 3.05) is 5.32 Å². The third-order valence-corrected chi connectivity index (χ3v) is 2.55. The highest BCUT2D eigenvalue weighted by atomic mass is 16.6. The Bertz CT molecular complexity index is 651. The lowest BCUT2D eigenvalue weighted by Gasteiger charge is -2.01. The molecule has 2 aromatic rings. The molecule has 5 heteroatoms. The first kappa shape index (κ1) is 13.5. The standard InChI is InChI=1S/C15H12N2O3/c18-15(10-9-12-5-2-1-3-6-12)16-13-7-4-8-14(11-13)17(19)20/h1-11H,(H,16,18)/b10-9+. The number of nitrogens with zero attached hydrogens (tertiary/aromatic N) is 1. The molecule has 2 rings (SSSR count). The lowest BCUT2D eigenvalue weighted by atomic mass is 10.2. The molecular weight excluding hydrogens is 256 g/mol. The highest BCUT2D eigenvalue weighted by Gasteiger charge is 2.06. The molecule has 5 nitrogen and oxygen atoms in total. The average Bonchev–Trinajstić information content (AvgIpc) is 2.46. The molecular formula is C15H12N2O3. The Morgan fingerprint density at radius 3 is 2.55 bits per heavy atom. The SMILES string of the molecule is O=C(/C=C/c1ccccc1)Nc1cccc([N+](=O)[O-])c1. The van der Waals surface area contributed by atoms with Gasteiger partial charge in [-0.3, -0.25) is 14.9 Å². The fourth-order valence-corrected chi connectivity index (χ4v) is 1.62. The van der Waals surface area contributed by atoms with Crippen LogP contribution in [-0.2, 0) is 4.79 Å². The largest absolute Gasteiger partial charge is 0.322 e. The van der Waals surface area contributed by atoms with Gasteiger partial charge in [0.2, 0.25) is 5.91 Å². The molecule has 0 aliphatic carbocycles. The summed E-state index contributed by atoms with van der Waals surface area (Å²) in [6.45, 7) is 0. The van der Waals surface area contributed by atoms with Crippen LogP contribution in [0.15, 0.2) is 60.7 Å². The van der Waals surface area contributed by atoms with Crippen LogP contribution in [-0.4, -0.2) is 10.8 Å². The van der Waals surface area contributed by atoms with Crippen molar-refractivity contribution in [1.82, 2.24) is 0 Å². The minimum Gasteiger partial charge on any atom is -0.322 e. The van der Waals surface area contributed by atoms with Gasteiger partial charge in [-0.2, -0.15) is 0 Å². The Kier molecular flexibility index (Phi) is 4.24. The normalized spacial score (nSPS) is 10.4. The van der Waals surface area contributed by atoms with Crippen LogP contribution in [0.1, 0.15) is 5.56 Å². The zero-order valence-corrected chi connectivity index (χ0v) is 10.5. The van der Waals surface area contributed by atoms with E-state index in [1.165, 1.54) is 24.3 Å². The molecule has 0 saturated heterocycles. The van der Waals surface area contributed by atoms with Crippen LogP contribution in [0.3, 0.4) is 0 Å². The summed E-state index contributed by atoms with van der Waals surface area (Å²) >= 11 is 0. The van der Waals surface area contributed by atoms with Crippen molar-refractivity contribution in [3.05, 3.63) is 76.4 Å². The molecule has 0 aliphatic heterocycles. The van der Waals surface area contributed by atoms with Gasteiger partial charge in [0.1, 0.15) is 0 Å². The van der Waals surface area contributed by atoms with E-state index in [9.17, 15) is 14.9 Å². The Morgan fingerprint density at radius 2 is 1.85 bits per heavy atom. The number of nitro groups is 1. The lowest BCUT2D eigenvalue weighted by molar-refractivity contribution is -0.384. The number of nitro benzene ring substituents is 1. The van der Waals surface area contributed by atoms with E-state index < -0.39 is 4.92 Å². The molecule has 0 bridgehead atoms. The van der Waals surface area contributed by atoms with Gasteiger partial charge in [-0.25, -0.2) is 0 Å². The van der Waals surface area contributed by atoms with Gasteiger partial charge in [0.05, 0.1) is 4.92 Å². The highest BCUT2D eigenvalue weighted by Crippen LogP contribution is 2.17. The Balaban J connectivity index is 2.03. The first-order chi connectivity index (χ1) is 9.65. The van der Waals surface area contributed by atoms with E-state index in [1.807, 2.05) is 30.3 Å². The number of anilines is 1. The van der Waals surface area contributed by atoms with E-state index in [2.05, 4.69) is 5.32 Å². The lowest BCUT2D eigenvalue weighted by Crippen LogP contribution is -2.07. The van der Waals surface area contributed by atoms with Crippen LogP contribution in [0, 0.1) is 10.1 Å². The third-order valence-electron chi connectivity index (χ3n) is 2.55. The molecule has 2 aromatic carbocycles. The molecule has 1 amide bonds. The number of nitrogens with one attached hydrogen (secondary N) is 1. The fourth-order valence-electron chi connectivity index (χ4n) is 1.62. The summed E-state index contributed by atoms with van der Waals surface area (Å²) < 4.78 is 0. The number of carbonyl (C=O) groups is 1. The van der Waals surface area contributed by atoms with E-state index in [0.29, 0.717) is 5.69 Å². The van der Waals surface area contributed by atoms with E-state index in [1.54, 1.807) is 12.1 Å². The first-order valence-corrected chi connectivity index (χ1v) is 5.94. The summed E-state index contributed by atoms with van der Waals surface area (Å²) in [6, 6.07) is 15.2. The number of hydrogen-bond acceptors (Lipinski definition) is 3. The average molecular weight is 268 g/mol. The minimum absolute atomic E-state index is 0.0603. The van der Waals surface area contributed by atoms with E-state index in [0.717, 1.165) is 5.56 Å². The van der Waals surface area contributed by atoms with Crippen LogP contribution < -0.4 is 5.32 Å². The molecule has 0 aromatic heterocycles. The molecule has 0 fully saturated rings. The minimum atomic E-state index is -0.504. The maximum absolute atomic E-state index is 11.7. The molecule has 0 atom stereocenters. The van der Waals surface area contributed by atoms with Crippen molar-refractivity contribution in [2.24, 2.45) is 0 Å². The van der Waals surface area contributed by atoms with Crippen molar-refractivity contribution in [3.63, 3.8) is 0 Å². The Hall–Kier alpha value is -2.95. The summed E-state index contributed by atoms with van der Waals surface area (Å²) in [5.74, 6) is -0.339. The van der Waals surface area contributed by atoms with Gasteiger partial charge in [-0.05, 0) is 17.7 Å². The van der Waals surface area contributed by atoms with Gasteiger partial charge in [0.25, 0.3) is 5.69 Å². The Labute approximate surface area is 115 Å². The molecule has 0 aliphatic rings. The van der Waals surface area contributed by atoms with Gasteiger partial charge in [-0.1, -0.05) is 36.4 Å². The number of carbonyl (C=O) groups excluding carboxylic acids is 1. The number of benzene rings is 2. The van der Waals surface area contributed by atoms with E-state index in [4.69, 9.17) is 0 Å². The van der Waals surface area contributed by atoms with E-state index >= 15 is 0 Å². The van der Waals surface area contributed by atoms with Crippen molar-refractivity contribution >= 4 is 23.4 Å². The maximum atomic E-state index is 11.7. The van der Waals surface area contributed by atoms with Gasteiger partial charge in [0.15, 0.2) is 0 Å². The summed E-state index contributed by atoms with van der Waals surface area (Å²) in [5.41, 5.74) is 1.23. The van der Waals surface area contributed by atoms with Gasteiger partial charge in [-0.15, -0.1) is 0 Å². The van der Waals surface area contributed by atoms with Crippen LogP contribution in [0.2, 0.25) is 0 Å². The van der Waals surface area contributed by atoms with Gasteiger partial charge >= 0.3 is 0 Å². The summed E-state index contributed by atoms with van der Waals surface area (Å²) in [4.78, 5) is 21.8. The summed E-state index contributed by atoms with van der Waals surface area (Å²) in [6.07, 6.45) is 3.06. The predicted molar refractivity (Wildman–Crippen MR) is 77.2 cm³/mol. The zero-order valence-electron chi connectivity index (χ0n) is 10.5. The number of rotatable bonds is 4. The number of hydrogen-bond donors (Lipinski definition) is 1. The fraction of sp³-hybridized carbons (Fsp3) is 0. The topological polar surface area (TPSA) is 72.2 Å². The van der Waals surface area contributed by atoms with Crippen molar-refractivity contribution in [2.45, 2.75) is 0 Å². The molecule has 1 N–H and O–H groups in total. The Morgan fingerprint density at radius 1 is 1.10 bits per heavy atom. The quantitative estimate of drug-likeness (QED) is 0.525. The molecule has 100 valence electrons. The third kappa shape index (κ3) is 3.78. The van der Waals surface area contributed by atoms with Crippen molar-refractivity contribution in [3.8, 4) is 0 Å². The van der Waals surface area contributed by atoms with Gasteiger partial charge < -0.3 is 5.32 Å². The van der Waals surface area contributed by atoms with Crippen molar-refractivity contribution in [1.29, 1.82) is 0 Å². The second kappa shape index (κ2) is 6.29. The molecule has 0 radical (unpaired) electrons. The van der Waals surface area contributed by atoms with E-state index in [-0.39, 0.29) is 11.6 Å². The van der Waals surface area contributed by atoms with Crippen LogP contribution in [0.5, 0.6) is 0 Å². The monoisotopic (exact) mass is 268 g/mol. The summed E-state index contributed by atoms with van der Waals surface area (Å²) in [5, 5.41) is 13.2. The van der Waals surface area contributed by atoms with Gasteiger partial charge in [0, 0.05) is 23.9 Å². The van der Waals surface area contributed by atoms with Crippen LogP contribution in [0.25, 0.3) is 6.08 Å². The second-order valence-electron chi connectivity index (χ2n) is 4.04. The van der Waals surface area contributed by atoms with Crippen molar-refractivity contribution < 1.29 is 9.72 Å². The molecule has 0 spiro atoms. The molecule has 20 heavy (non-hydrogen) atoms. The summed E-state index contributed by atoms with van der Waals surface area (Å²) in [7, 11) is 0. The van der Waals surface area contributed by atoms with Crippen LogP contribution >= 0.6 is 0 Å². The van der Waals surface area contributed by atoms with Crippen LogP contribution in [0.4, 0.5) is 11.4 Å². The smallest absolute Gasteiger partial charge is 0.271 e. The number of non-ortho nitro benzene ring substituents is 1. The highest BCUT2D eigenvalue weighted by molar-refractivity contribution is 6.02.